The van der Waals surface area contributed by atoms with E-state index in [1.54, 1.807) is 0 Å². The fourth-order valence-electron chi connectivity index (χ4n) is 2.60. The number of carboxylic acid groups (broad SMARTS) is 1. The second-order valence-electron chi connectivity index (χ2n) is 6.56. The fraction of sp³-hybridized carbons (Fsp3) is 0.444. The van der Waals surface area contributed by atoms with Crippen molar-refractivity contribution >= 4 is 21.9 Å². The van der Waals surface area contributed by atoms with Crippen LogP contribution in [0.15, 0.2) is 34.9 Å². The maximum Gasteiger partial charge on any atom is 0.320 e. The lowest BCUT2D eigenvalue weighted by atomic mass is 10.0. The number of carbonyl (C=O) groups is 1. The molecule has 1 aromatic heterocycles. The first kappa shape index (κ1) is 18.7. The molecule has 1 heterocycles. The van der Waals surface area contributed by atoms with E-state index < -0.39 is 12.0 Å². The number of rotatable bonds is 7. The van der Waals surface area contributed by atoms with Crippen LogP contribution in [0.5, 0.6) is 0 Å². The molecule has 0 aliphatic carbocycles. The van der Waals surface area contributed by atoms with Crippen LogP contribution in [0.3, 0.4) is 0 Å². The van der Waals surface area contributed by atoms with Crippen molar-refractivity contribution in [2.24, 2.45) is 5.92 Å². The van der Waals surface area contributed by atoms with Crippen molar-refractivity contribution in [2.45, 2.75) is 46.2 Å². The summed E-state index contributed by atoms with van der Waals surface area (Å²) in [5.41, 5.74) is 2.99. The molecule has 1 atom stereocenters. The Bertz CT molecular complexity index is 693. The minimum absolute atomic E-state index is 0.0199. The van der Waals surface area contributed by atoms with Gasteiger partial charge >= 0.3 is 5.97 Å². The summed E-state index contributed by atoms with van der Waals surface area (Å²) in [5, 5.41) is 17.2. The lowest BCUT2D eigenvalue weighted by Crippen LogP contribution is -2.40. The molecular weight excluding hydrogens is 370 g/mol. The predicted molar refractivity (Wildman–Crippen MR) is 98.5 cm³/mol. The number of carboxylic acids is 1. The first-order valence-electron chi connectivity index (χ1n) is 8.10. The van der Waals surface area contributed by atoms with Gasteiger partial charge in [0.1, 0.15) is 6.04 Å². The molecule has 0 aliphatic heterocycles. The zero-order valence-corrected chi connectivity index (χ0v) is 16.0. The molecule has 2 aromatic rings. The average molecular weight is 394 g/mol. The number of hydrogen-bond donors (Lipinski definition) is 2. The van der Waals surface area contributed by atoms with Gasteiger partial charge in [-0.15, -0.1) is 0 Å². The van der Waals surface area contributed by atoms with E-state index in [4.69, 9.17) is 5.10 Å². The van der Waals surface area contributed by atoms with Gasteiger partial charge in [-0.05, 0) is 36.1 Å². The third kappa shape index (κ3) is 4.45. The minimum Gasteiger partial charge on any atom is -0.480 e. The van der Waals surface area contributed by atoms with Gasteiger partial charge < -0.3 is 5.11 Å². The highest BCUT2D eigenvalue weighted by atomic mass is 79.9. The monoisotopic (exact) mass is 393 g/mol. The second-order valence-corrected chi connectivity index (χ2v) is 7.47. The van der Waals surface area contributed by atoms with Gasteiger partial charge in [-0.25, -0.2) is 4.68 Å². The molecule has 0 aliphatic rings. The van der Waals surface area contributed by atoms with Crippen LogP contribution < -0.4 is 5.32 Å². The van der Waals surface area contributed by atoms with Crippen LogP contribution in [0.2, 0.25) is 0 Å². The number of nitrogens with zero attached hydrogens (tertiary/aromatic N) is 2. The number of benzene rings is 1. The molecule has 2 rings (SSSR count). The summed E-state index contributed by atoms with van der Waals surface area (Å²) in [7, 11) is 0. The third-order valence-electron chi connectivity index (χ3n) is 3.91. The molecule has 0 spiro atoms. The highest BCUT2D eigenvalue weighted by Gasteiger charge is 2.22. The minimum atomic E-state index is -0.823. The van der Waals surface area contributed by atoms with Crippen LogP contribution in [0, 0.1) is 5.92 Å². The van der Waals surface area contributed by atoms with Crippen LogP contribution in [0.4, 0.5) is 0 Å². The van der Waals surface area contributed by atoms with Gasteiger partial charge in [0.05, 0.1) is 11.4 Å². The van der Waals surface area contributed by atoms with Gasteiger partial charge in [0, 0.05) is 22.8 Å². The lowest BCUT2D eigenvalue weighted by molar-refractivity contribution is -0.140. The highest BCUT2D eigenvalue weighted by Crippen LogP contribution is 2.21. The van der Waals surface area contributed by atoms with E-state index in [1.807, 2.05) is 49.0 Å². The molecule has 130 valence electrons. The zero-order chi connectivity index (χ0) is 17.9. The molecule has 0 saturated carbocycles. The Kier molecular flexibility index (Phi) is 6.18. The summed E-state index contributed by atoms with van der Waals surface area (Å²) in [6, 6.07) is 7.37. The molecule has 0 unspecified atom stereocenters. The molecule has 2 N–H and O–H groups in total. The van der Waals surface area contributed by atoms with Gasteiger partial charge in [0.25, 0.3) is 0 Å². The molecule has 0 saturated heterocycles. The zero-order valence-electron chi connectivity index (χ0n) is 14.5. The molecule has 0 radical (unpaired) electrons. The van der Waals surface area contributed by atoms with Crippen LogP contribution in [0.25, 0.3) is 5.69 Å². The largest absolute Gasteiger partial charge is 0.480 e. The van der Waals surface area contributed by atoms with Crippen molar-refractivity contribution in [3.05, 3.63) is 46.2 Å². The Morgan fingerprint density at radius 3 is 2.38 bits per heavy atom. The van der Waals surface area contributed by atoms with Gasteiger partial charge in [-0.2, -0.15) is 5.10 Å². The van der Waals surface area contributed by atoms with Gasteiger partial charge in [-0.3, -0.25) is 10.1 Å². The lowest BCUT2D eigenvalue weighted by Gasteiger charge is -2.18. The Morgan fingerprint density at radius 1 is 1.25 bits per heavy atom. The van der Waals surface area contributed by atoms with E-state index in [0.29, 0.717) is 6.54 Å². The summed E-state index contributed by atoms with van der Waals surface area (Å²) in [6.07, 6.45) is 1.98. The van der Waals surface area contributed by atoms with Gasteiger partial charge in [0.15, 0.2) is 0 Å². The summed E-state index contributed by atoms with van der Waals surface area (Å²) in [5.74, 6) is -0.538. The molecular formula is C18H24BrN3O2. The van der Waals surface area contributed by atoms with E-state index in [2.05, 4.69) is 35.1 Å². The van der Waals surface area contributed by atoms with Crippen molar-refractivity contribution < 1.29 is 9.90 Å². The summed E-state index contributed by atoms with van der Waals surface area (Å²) >= 11 is 3.43. The third-order valence-corrected chi connectivity index (χ3v) is 4.43. The Labute approximate surface area is 151 Å². The van der Waals surface area contributed by atoms with Gasteiger partial charge in [0.2, 0.25) is 0 Å². The van der Waals surface area contributed by atoms with Crippen molar-refractivity contribution in [3.63, 3.8) is 0 Å². The quantitative estimate of drug-likeness (QED) is 0.746. The Balaban J connectivity index is 2.25. The van der Waals surface area contributed by atoms with Crippen molar-refractivity contribution in [1.29, 1.82) is 0 Å². The average Bonchev–Trinajstić information content (AvgIpc) is 2.92. The standard InChI is InChI=1S/C18H24BrN3O2/c1-11(2)16-13(9-20-17(12(3)4)18(23)24)10-22(21-16)15-7-5-14(19)6-8-15/h5-8,10-12,17,20H,9H2,1-4H3,(H,23,24)/t17-/m1/s1. The number of nitrogens with one attached hydrogen (secondary N) is 1. The van der Waals surface area contributed by atoms with E-state index in [0.717, 1.165) is 21.4 Å². The summed E-state index contributed by atoms with van der Waals surface area (Å²) in [6.45, 7) is 8.48. The molecule has 6 heteroatoms. The number of aliphatic carboxylic acids is 1. The van der Waals surface area contributed by atoms with Crippen LogP contribution in [-0.2, 0) is 11.3 Å². The Morgan fingerprint density at radius 2 is 1.88 bits per heavy atom. The normalized spacial score (nSPS) is 12.8. The molecule has 5 nitrogen and oxygen atoms in total. The summed E-state index contributed by atoms with van der Waals surface area (Å²) in [4.78, 5) is 11.4. The van der Waals surface area contributed by atoms with E-state index in [-0.39, 0.29) is 11.8 Å². The van der Waals surface area contributed by atoms with Crippen molar-refractivity contribution in [2.75, 3.05) is 0 Å². The maximum absolute atomic E-state index is 11.4. The first-order valence-corrected chi connectivity index (χ1v) is 8.89. The summed E-state index contributed by atoms with van der Waals surface area (Å²) < 4.78 is 2.87. The van der Waals surface area contributed by atoms with E-state index >= 15 is 0 Å². The Hall–Kier alpha value is -1.66. The molecule has 0 fully saturated rings. The highest BCUT2D eigenvalue weighted by molar-refractivity contribution is 9.10. The van der Waals surface area contributed by atoms with Crippen LogP contribution in [0.1, 0.15) is 44.9 Å². The number of halogens is 1. The SMILES string of the molecule is CC(C)c1nn(-c2ccc(Br)cc2)cc1CN[C@@H](C(=O)O)C(C)C. The van der Waals surface area contributed by atoms with Crippen LogP contribution in [-0.4, -0.2) is 26.9 Å². The fourth-order valence-corrected chi connectivity index (χ4v) is 2.86. The molecule has 0 amide bonds. The first-order chi connectivity index (χ1) is 11.3. The second kappa shape index (κ2) is 7.94. The molecule has 0 bridgehead atoms. The predicted octanol–water partition coefficient (Wildman–Crippen LogP) is 3.96. The molecule has 24 heavy (non-hydrogen) atoms. The number of hydrogen-bond acceptors (Lipinski definition) is 3. The smallest absolute Gasteiger partial charge is 0.320 e. The van der Waals surface area contributed by atoms with E-state index in [1.165, 1.54) is 0 Å². The topological polar surface area (TPSA) is 67.2 Å². The van der Waals surface area contributed by atoms with Crippen LogP contribution >= 0.6 is 15.9 Å². The van der Waals surface area contributed by atoms with Crippen molar-refractivity contribution in [1.82, 2.24) is 15.1 Å². The number of aromatic nitrogens is 2. The van der Waals surface area contributed by atoms with Crippen molar-refractivity contribution in [3.8, 4) is 5.69 Å². The van der Waals surface area contributed by atoms with E-state index in [9.17, 15) is 9.90 Å². The van der Waals surface area contributed by atoms with Gasteiger partial charge in [-0.1, -0.05) is 43.6 Å². The molecule has 1 aromatic carbocycles. The maximum atomic E-state index is 11.4.